The Morgan fingerprint density at radius 3 is 2.88 bits per heavy atom. The van der Waals surface area contributed by atoms with Crippen molar-refractivity contribution in [1.82, 2.24) is 4.98 Å². The standard InChI is InChI=1S/C19H17BrN2O4/c1-26-15-7-9(6-12(20)18(15)23)16-17-11(8-14(22-16)19(24)25)10-4-2-3-5-13(10)21-17/h2-7,14,16,21-23H,8H2,1H3,(H,24,25)/t14-,16-/m0/s1. The van der Waals surface area contributed by atoms with Crippen molar-refractivity contribution in [3.63, 3.8) is 0 Å². The van der Waals surface area contributed by atoms with Crippen molar-refractivity contribution in [2.75, 3.05) is 7.11 Å². The van der Waals surface area contributed by atoms with Gasteiger partial charge in [-0.2, -0.15) is 0 Å². The fraction of sp³-hybridized carbons (Fsp3) is 0.211. The summed E-state index contributed by atoms with van der Waals surface area (Å²) in [5.41, 5.74) is 3.75. The van der Waals surface area contributed by atoms with Gasteiger partial charge in [0.25, 0.3) is 0 Å². The van der Waals surface area contributed by atoms with Crippen LogP contribution in [0.3, 0.4) is 0 Å². The van der Waals surface area contributed by atoms with Crippen molar-refractivity contribution in [3.8, 4) is 11.5 Å². The van der Waals surface area contributed by atoms with Crippen LogP contribution < -0.4 is 15.2 Å². The van der Waals surface area contributed by atoms with Gasteiger partial charge in [0.15, 0.2) is 17.5 Å². The molecule has 0 saturated heterocycles. The number of nitrogens with one attached hydrogen (secondary N) is 1. The van der Waals surface area contributed by atoms with Crippen molar-refractivity contribution < 1.29 is 25.1 Å². The number of nitrogens with two attached hydrogens (primary N) is 1. The number of carbonyl (C=O) groups excluding carboxylic acids is 1. The van der Waals surface area contributed by atoms with E-state index in [4.69, 9.17) is 4.74 Å². The van der Waals surface area contributed by atoms with E-state index >= 15 is 0 Å². The molecule has 1 aliphatic rings. The van der Waals surface area contributed by atoms with Crippen LogP contribution in [0.25, 0.3) is 10.9 Å². The molecule has 2 aromatic carbocycles. The number of carboxylic acids is 1. The molecule has 0 bridgehead atoms. The van der Waals surface area contributed by atoms with E-state index in [2.05, 4.69) is 20.9 Å². The zero-order chi connectivity index (χ0) is 18.4. The molecule has 0 amide bonds. The third kappa shape index (κ3) is 2.64. The molecular formula is C19H17BrN2O4. The lowest BCUT2D eigenvalue weighted by molar-refractivity contribution is -0.717. The number of quaternary nitrogens is 1. The number of carboxylic acid groups (broad SMARTS) is 1. The van der Waals surface area contributed by atoms with Crippen LogP contribution in [0.5, 0.6) is 11.5 Å². The second kappa shape index (κ2) is 6.34. The molecule has 1 aromatic heterocycles. The predicted octanol–water partition coefficient (Wildman–Crippen LogP) is 0.972. The number of carbonyl (C=O) groups is 1. The van der Waals surface area contributed by atoms with Gasteiger partial charge in [-0.1, -0.05) is 18.2 Å². The summed E-state index contributed by atoms with van der Waals surface area (Å²) in [5.74, 6) is -0.743. The number of methoxy groups -OCH3 is 1. The largest absolute Gasteiger partial charge is 0.544 e. The number of aromatic nitrogens is 1. The molecule has 2 heterocycles. The van der Waals surface area contributed by atoms with Gasteiger partial charge in [0.2, 0.25) is 0 Å². The van der Waals surface area contributed by atoms with Gasteiger partial charge in [-0.05, 0) is 39.7 Å². The average molecular weight is 417 g/mol. The number of aromatic hydroxyl groups is 1. The van der Waals surface area contributed by atoms with Gasteiger partial charge in [-0.3, -0.25) is 0 Å². The molecule has 1 aliphatic heterocycles. The second-order valence-electron chi connectivity index (χ2n) is 6.42. The number of phenols is 1. The van der Waals surface area contributed by atoms with E-state index in [1.807, 2.05) is 24.3 Å². The summed E-state index contributed by atoms with van der Waals surface area (Å²) in [6.45, 7) is 0. The Bertz CT molecular complexity index is 1010. The topological polar surface area (TPSA) is 102 Å². The number of para-hydroxylation sites is 1. The number of benzene rings is 2. The number of hydrogen-bond donors (Lipinski definition) is 3. The van der Waals surface area contributed by atoms with E-state index in [9.17, 15) is 15.0 Å². The van der Waals surface area contributed by atoms with E-state index in [1.54, 1.807) is 17.4 Å². The Morgan fingerprint density at radius 1 is 1.38 bits per heavy atom. The van der Waals surface area contributed by atoms with Gasteiger partial charge < -0.3 is 30.0 Å². The summed E-state index contributed by atoms with van der Waals surface area (Å²) >= 11 is 3.34. The van der Waals surface area contributed by atoms with E-state index in [0.717, 1.165) is 27.7 Å². The van der Waals surface area contributed by atoms with Gasteiger partial charge in [-0.15, -0.1) is 0 Å². The first-order valence-electron chi connectivity index (χ1n) is 8.21. The first-order valence-corrected chi connectivity index (χ1v) is 9.00. The summed E-state index contributed by atoms with van der Waals surface area (Å²) < 4.78 is 5.74. The number of aromatic amines is 1. The highest BCUT2D eigenvalue weighted by Crippen LogP contribution is 2.39. The number of ether oxygens (including phenoxy) is 1. The molecular weight excluding hydrogens is 400 g/mol. The van der Waals surface area contributed by atoms with Crippen LogP contribution in [0.2, 0.25) is 0 Å². The Hall–Kier alpha value is -2.51. The number of hydrogen-bond acceptors (Lipinski definition) is 4. The highest BCUT2D eigenvalue weighted by atomic mass is 79.9. The van der Waals surface area contributed by atoms with E-state index < -0.39 is 12.0 Å². The maximum absolute atomic E-state index is 11.6. The molecule has 0 saturated carbocycles. The SMILES string of the molecule is COc1cc([C@@H]2[NH2+][C@H](C(=O)[O-])Cc3c2[nH]c2ccccc32)cc(Br)c1O. The van der Waals surface area contributed by atoms with Crippen LogP contribution in [-0.4, -0.2) is 29.2 Å². The predicted molar refractivity (Wildman–Crippen MR) is 96.9 cm³/mol. The summed E-state index contributed by atoms with van der Waals surface area (Å²) in [7, 11) is 1.48. The number of phenolic OH excluding ortho intramolecular Hbond substituents is 1. The zero-order valence-electron chi connectivity index (χ0n) is 14.0. The Morgan fingerprint density at radius 2 is 2.15 bits per heavy atom. The third-order valence-corrected chi connectivity index (χ3v) is 5.54. The van der Waals surface area contributed by atoms with Crippen LogP contribution in [0.15, 0.2) is 40.9 Å². The number of fused-ring (bicyclic) bond motifs is 3. The monoisotopic (exact) mass is 416 g/mol. The highest BCUT2D eigenvalue weighted by molar-refractivity contribution is 9.10. The number of aliphatic carboxylic acids is 1. The minimum absolute atomic E-state index is 0.0142. The van der Waals surface area contributed by atoms with E-state index in [1.165, 1.54) is 7.11 Å². The molecule has 7 heteroatoms. The van der Waals surface area contributed by atoms with Crippen molar-refractivity contribution in [2.24, 2.45) is 0 Å². The molecule has 0 fully saturated rings. The zero-order valence-corrected chi connectivity index (χ0v) is 15.5. The van der Waals surface area contributed by atoms with Crippen LogP contribution in [-0.2, 0) is 11.2 Å². The van der Waals surface area contributed by atoms with Crippen LogP contribution in [0.1, 0.15) is 22.9 Å². The number of H-pyrrole nitrogens is 1. The Labute approximate surface area is 157 Å². The van der Waals surface area contributed by atoms with Crippen molar-refractivity contribution in [3.05, 3.63) is 57.7 Å². The van der Waals surface area contributed by atoms with Crippen LogP contribution in [0, 0.1) is 0 Å². The smallest absolute Gasteiger partial charge is 0.172 e. The quantitative estimate of drug-likeness (QED) is 0.591. The molecule has 3 aromatic rings. The van der Waals surface area contributed by atoms with Gasteiger partial charge in [-0.25, -0.2) is 0 Å². The Kier molecular flexibility index (Phi) is 4.13. The first kappa shape index (κ1) is 16.9. The normalized spacial score (nSPS) is 19.3. The average Bonchev–Trinajstić information content (AvgIpc) is 3.01. The minimum Gasteiger partial charge on any atom is -0.544 e. The molecule has 2 atom stereocenters. The van der Waals surface area contributed by atoms with Gasteiger partial charge >= 0.3 is 0 Å². The van der Waals surface area contributed by atoms with Crippen LogP contribution in [0.4, 0.5) is 0 Å². The molecule has 26 heavy (non-hydrogen) atoms. The van der Waals surface area contributed by atoms with Crippen molar-refractivity contribution in [2.45, 2.75) is 18.5 Å². The maximum Gasteiger partial charge on any atom is 0.172 e. The summed E-state index contributed by atoms with van der Waals surface area (Å²) in [5, 5.41) is 24.5. The molecule has 0 unspecified atom stereocenters. The van der Waals surface area contributed by atoms with Gasteiger partial charge in [0, 0.05) is 22.9 Å². The summed E-state index contributed by atoms with van der Waals surface area (Å²) in [4.78, 5) is 15.0. The highest BCUT2D eigenvalue weighted by Gasteiger charge is 2.35. The molecule has 4 rings (SSSR count). The molecule has 4 N–H and O–H groups in total. The lowest BCUT2D eigenvalue weighted by Gasteiger charge is -2.29. The molecule has 0 radical (unpaired) electrons. The summed E-state index contributed by atoms with van der Waals surface area (Å²) in [6.07, 6.45) is 0.397. The molecule has 0 spiro atoms. The van der Waals surface area contributed by atoms with Gasteiger partial charge in [0.1, 0.15) is 6.04 Å². The maximum atomic E-state index is 11.6. The van der Waals surface area contributed by atoms with Crippen molar-refractivity contribution >= 4 is 32.8 Å². The first-order chi connectivity index (χ1) is 12.5. The van der Waals surface area contributed by atoms with Crippen LogP contribution >= 0.6 is 15.9 Å². The van der Waals surface area contributed by atoms with Crippen molar-refractivity contribution in [1.29, 1.82) is 0 Å². The molecule has 134 valence electrons. The number of halogens is 1. The molecule has 0 aliphatic carbocycles. The fourth-order valence-corrected chi connectivity index (χ4v) is 4.15. The lowest BCUT2D eigenvalue weighted by atomic mass is 9.90. The second-order valence-corrected chi connectivity index (χ2v) is 7.27. The lowest BCUT2D eigenvalue weighted by Crippen LogP contribution is -2.95. The molecule has 6 nitrogen and oxygen atoms in total. The van der Waals surface area contributed by atoms with E-state index in [-0.39, 0.29) is 11.8 Å². The van der Waals surface area contributed by atoms with Gasteiger partial charge in [0.05, 0.1) is 23.2 Å². The number of rotatable bonds is 3. The van der Waals surface area contributed by atoms with E-state index in [0.29, 0.717) is 16.6 Å². The minimum atomic E-state index is -1.09. The Balaban J connectivity index is 1.91. The summed E-state index contributed by atoms with van der Waals surface area (Å²) in [6, 6.07) is 10.4. The fourth-order valence-electron chi connectivity index (χ4n) is 3.69. The third-order valence-electron chi connectivity index (χ3n) is 4.94.